The lowest BCUT2D eigenvalue weighted by Gasteiger charge is -2.39. The van der Waals surface area contributed by atoms with E-state index in [2.05, 4.69) is 0 Å². The Hall–Kier alpha value is -1.07. The van der Waals surface area contributed by atoms with Crippen molar-refractivity contribution in [2.45, 2.75) is 51.6 Å². The van der Waals surface area contributed by atoms with Gasteiger partial charge in [0, 0.05) is 0 Å². The highest BCUT2D eigenvalue weighted by molar-refractivity contribution is 6.51. The molecule has 0 spiro atoms. The summed E-state index contributed by atoms with van der Waals surface area (Å²) in [5.74, 6) is -0.337. The van der Waals surface area contributed by atoms with Gasteiger partial charge >= 0.3 is 0 Å². The molecule has 0 fully saturated rings. The monoisotopic (exact) mass is 265 g/mol. The molecule has 1 aliphatic carbocycles. The summed E-state index contributed by atoms with van der Waals surface area (Å²) in [5, 5.41) is 9.66. The molecule has 1 rings (SSSR count). The minimum Gasteiger partial charge on any atom is -0.404 e. The topological polar surface area (TPSA) is 72.3 Å². The lowest BCUT2D eigenvalue weighted by atomic mass is 9.42. The molecule has 1 aliphatic rings. The Labute approximate surface area is 115 Å². The maximum atomic E-state index is 13.8. The molecule has 1 radical (unpaired) electrons. The molecule has 0 amide bonds. The Bertz CT molecular complexity index is 459. The van der Waals surface area contributed by atoms with Gasteiger partial charge in [-0.05, 0) is 49.5 Å². The number of rotatable bonds is 3. The van der Waals surface area contributed by atoms with Crippen molar-refractivity contribution < 1.29 is 9.50 Å². The van der Waals surface area contributed by atoms with Crippen molar-refractivity contribution in [2.75, 3.05) is 0 Å². The fraction of sp³-hybridized carbons (Fsp3) is 0.571. The van der Waals surface area contributed by atoms with Crippen LogP contribution in [0.15, 0.2) is 34.7 Å². The quantitative estimate of drug-likeness (QED) is 0.683. The lowest BCUT2D eigenvalue weighted by molar-refractivity contribution is 0.0408. The average molecular weight is 265 g/mol. The van der Waals surface area contributed by atoms with Crippen molar-refractivity contribution in [3.63, 3.8) is 0 Å². The zero-order valence-electron chi connectivity index (χ0n) is 12.3. The summed E-state index contributed by atoms with van der Waals surface area (Å²) in [6.45, 7) is 8.92. The van der Waals surface area contributed by atoms with Crippen LogP contribution in [0.3, 0.4) is 0 Å². The van der Waals surface area contributed by atoms with Crippen LogP contribution in [-0.2, 0) is 0 Å². The van der Waals surface area contributed by atoms with Crippen LogP contribution in [-0.4, -0.2) is 24.0 Å². The molecule has 5 N–H and O–H groups in total. The van der Waals surface area contributed by atoms with Gasteiger partial charge in [0.2, 0.25) is 0 Å². The highest BCUT2D eigenvalue weighted by Crippen LogP contribution is 2.41. The van der Waals surface area contributed by atoms with Gasteiger partial charge in [-0.1, -0.05) is 19.3 Å². The molecule has 1 unspecified atom stereocenters. The molecule has 0 saturated heterocycles. The average Bonchev–Trinajstić information content (AvgIpc) is 2.24. The van der Waals surface area contributed by atoms with E-state index < -0.39 is 17.0 Å². The molecule has 1 atom stereocenters. The third-order valence-corrected chi connectivity index (χ3v) is 4.02. The summed E-state index contributed by atoms with van der Waals surface area (Å²) in [4.78, 5) is 0. The normalized spacial score (nSPS) is 23.7. The van der Waals surface area contributed by atoms with Gasteiger partial charge in [-0.2, -0.15) is 0 Å². The fourth-order valence-corrected chi connectivity index (χ4v) is 1.83. The van der Waals surface area contributed by atoms with Crippen LogP contribution >= 0.6 is 0 Å². The summed E-state index contributed by atoms with van der Waals surface area (Å²) in [7, 11) is 1.84. The zero-order valence-corrected chi connectivity index (χ0v) is 12.3. The molecule has 3 nitrogen and oxygen atoms in total. The predicted octanol–water partition coefficient (Wildman–Crippen LogP) is 1.97. The van der Waals surface area contributed by atoms with E-state index in [4.69, 9.17) is 11.5 Å². The highest BCUT2D eigenvalue weighted by Gasteiger charge is 2.38. The van der Waals surface area contributed by atoms with E-state index in [1.165, 1.54) is 12.3 Å². The second-order valence-corrected chi connectivity index (χ2v) is 6.13. The van der Waals surface area contributed by atoms with Gasteiger partial charge in [-0.3, -0.25) is 0 Å². The third-order valence-electron chi connectivity index (χ3n) is 4.02. The first-order chi connectivity index (χ1) is 8.51. The van der Waals surface area contributed by atoms with Crippen LogP contribution in [0.2, 0.25) is 5.31 Å². The van der Waals surface area contributed by atoms with Crippen molar-refractivity contribution in [3.05, 3.63) is 34.7 Å². The lowest BCUT2D eigenvalue weighted by Crippen LogP contribution is -2.40. The van der Waals surface area contributed by atoms with Crippen molar-refractivity contribution in [3.8, 4) is 0 Å². The summed E-state index contributed by atoms with van der Waals surface area (Å²) >= 11 is 0. The second kappa shape index (κ2) is 5.14. The highest BCUT2D eigenvalue weighted by atomic mass is 19.1. The third kappa shape index (κ3) is 3.10. The van der Waals surface area contributed by atoms with E-state index in [0.717, 1.165) is 0 Å². The number of nitrogens with two attached hydrogens (primary N) is 2. The molecule has 19 heavy (non-hydrogen) atoms. The van der Waals surface area contributed by atoms with Crippen LogP contribution in [0.25, 0.3) is 0 Å². The SMILES string of the molecule is CC1=C([B]C(C)(C)C(C)(C)O)/C(=C/N)C(N)C=C1F. The largest absolute Gasteiger partial charge is 0.404 e. The van der Waals surface area contributed by atoms with Crippen LogP contribution in [0, 0.1) is 0 Å². The van der Waals surface area contributed by atoms with Gasteiger partial charge in [0.15, 0.2) is 7.28 Å². The molecule has 0 saturated carbocycles. The zero-order chi connectivity index (χ0) is 15.0. The van der Waals surface area contributed by atoms with Gasteiger partial charge in [-0.25, -0.2) is 4.39 Å². The number of hydrogen-bond acceptors (Lipinski definition) is 3. The Kier molecular flexibility index (Phi) is 4.32. The van der Waals surface area contributed by atoms with Crippen LogP contribution in [0.1, 0.15) is 34.6 Å². The molecular formula is C14H23BFN2O. The maximum absolute atomic E-state index is 13.8. The van der Waals surface area contributed by atoms with Crippen LogP contribution in [0.4, 0.5) is 4.39 Å². The van der Waals surface area contributed by atoms with Crippen LogP contribution in [0.5, 0.6) is 0 Å². The smallest absolute Gasteiger partial charge is 0.162 e. The molecule has 5 heteroatoms. The molecule has 0 bridgehead atoms. The van der Waals surface area contributed by atoms with E-state index in [0.29, 0.717) is 16.6 Å². The maximum Gasteiger partial charge on any atom is 0.162 e. The van der Waals surface area contributed by atoms with Crippen molar-refractivity contribution in [1.82, 2.24) is 0 Å². The second-order valence-electron chi connectivity index (χ2n) is 6.13. The summed E-state index contributed by atoms with van der Waals surface area (Å²) in [5.41, 5.74) is 12.4. The minimum atomic E-state index is -0.943. The number of allylic oxidation sites excluding steroid dienone is 2. The van der Waals surface area contributed by atoms with E-state index in [1.807, 2.05) is 21.1 Å². The standard InChI is InChI=1S/C14H23BFN2O/c1-8-10(16)6-11(18)9(7-17)12(8)15-13(2,3)14(4,5)19/h6-7,11,19H,17-18H2,1-5H3/b9-7+. The van der Waals surface area contributed by atoms with Gasteiger partial charge in [0.25, 0.3) is 0 Å². The number of aliphatic hydroxyl groups is 1. The van der Waals surface area contributed by atoms with Crippen molar-refractivity contribution in [2.24, 2.45) is 11.5 Å². The van der Waals surface area contributed by atoms with Crippen molar-refractivity contribution >= 4 is 7.28 Å². The molecule has 105 valence electrons. The van der Waals surface area contributed by atoms with Crippen LogP contribution < -0.4 is 11.5 Å². The molecule has 0 aromatic carbocycles. The molecular weight excluding hydrogens is 242 g/mol. The fourth-order valence-electron chi connectivity index (χ4n) is 1.83. The Morgan fingerprint density at radius 1 is 1.37 bits per heavy atom. The Morgan fingerprint density at radius 2 is 1.89 bits per heavy atom. The molecule has 0 aromatic heterocycles. The summed E-state index contributed by atoms with van der Waals surface area (Å²) in [6.07, 6.45) is 2.76. The van der Waals surface area contributed by atoms with Gasteiger partial charge < -0.3 is 16.6 Å². The first kappa shape index (κ1) is 16.0. The number of hydrogen-bond donors (Lipinski definition) is 3. The van der Waals surface area contributed by atoms with Gasteiger partial charge in [0.05, 0.1) is 11.6 Å². The minimum absolute atomic E-state index is 0.337. The van der Waals surface area contributed by atoms with E-state index in [-0.39, 0.29) is 5.83 Å². The van der Waals surface area contributed by atoms with E-state index in [9.17, 15) is 9.50 Å². The summed E-state index contributed by atoms with van der Waals surface area (Å²) < 4.78 is 13.8. The number of halogens is 1. The predicted molar refractivity (Wildman–Crippen MR) is 78.2 cm³/mol. The Morgan fingerprint density at radius 3 is 2.32 bits per heavy atom. The molecule has 0 aliphatic heterocycles. The van der Waals surface area contributed by atoms with Gasteiger partial charge in [-0.15, -0.1) is 0 Å². The summed E-state index contributed by atoms with van der Waals surface area (Å²) in [6, 6.07) is -0.558. The van der Waals surface area contributed by atoms with E-state index in [1.54, 1.807) is 20.8 Å². The Balaban J connectivity index is 3.23. The molecule has 0 aromatic rings. The van der Waals surface area contributed by atoms with Gasteiger partial charge in [0.1, 0.15) is 5.83 Å². The first-order valence-electron chi connectivity index (χ1n) is 6.36. The van der Waals surface area contributed by atoms with Crippen molar-refractivity contribution in [1.29, 1.82) is 0 Å². The first-order valence-corrected chi connectivity index (χ1v) is 6.36. The van der Waals surface area contributed by atoms with E-state index >= 15 is 0 Å². The molecule has 0 heterocycles.